The van der Waals surface area contributed by atoms with E-state index in [4.69, 9.17) is 10.00 Å². The predicted molar refractivity (Wildman–Crippen MR) is 74.5 cm³/mol. The van der Waals surface area contributed by atoms with Crippen molar-refractivity contribution in [1.82, 2.24) is 0 Å². The minimum atomic E-state index is -3.62. The van der Waals surface area contributed by atoms with Gasteiger partial charge in [0.25, 0.3) is 0 Å². The summed E-state index contributed by atoms with van der Waals surface area (Å²) in [5.74, 6) is -1.73. The van der Waals surface area contributed by atoms with Gasteiger partial charge < -0.3 is 4.74 Å². The van der Waals surface area contributed by atoms with Gasteiger partial charge in [-0.3, -0.25) is 4.79 Å². The molecule has 1 aromatic rings. The first-order valence-electron chi connectivity index (χ1n) is 6.03. The molecule has 108 valence electrons. The largest absolute Gasteiger partial charge is 0.459 e. The van der Waals surface area contributed by atoms with Crippen LogP contribution in [0, 0.1) is 11.3 Å². The molecule has 6 heteroatoms. The molecule has 0 heterocycles. The van der Waals surface area contributed by atoms with E-state index in [2.05, 4.69) is 0 Å². The molecule has 0 aromatic heterocycles. The molecule has 0 radical (unpaired) electrons. The zero-order valence-electron chi connectivity index (χ0n) is 11.7. The summed E-state index contributed by atoms with van der Waals surface area (Å²) in [6, 6.07) is 8.23. The van der Waals surface area contributed by atoms with Crippen molar-refractivity contribution in [3.05, 3.63) is 35.4 Å². The van der Waals surface area contributed by atoms with Gasteiger partial charge in [-0.25, -0.2) is 8.42 Å². The fraction of sp³-hybridized carbons (Fsp3) is 0.429. The van der Waals surface area contributed by atoms with Crippen LogP contribution in [0.3, 0.4) is 0 Å². The highest BCUT2D eigenvalue weighted by molar-refractivity contribution is 7.91. The Bertz CT molecular complexity index is 636. The lowest BCUT2D eigenvalue weighted by atomic mass is 10.2. The van der Waals surface area contributed by atoms with Gasteiger partial charge in [0.2, 0.25) is 0 Å². The predicted octanol–water partition coefficient (Wildman–Crippen LogP) is 1.81. The van der Waals surface area contributed by atoms with Crippen LogP contribution in [0.2, 0.25) is 0 Å². The number of nitrogens with zero attached hydrogens (tertiary/aromatic N) is 1. The Morgan fingerprint density at radius 2 is 2.00 bits per heavy atom. The van der Waals surface area contributed by atoms with E-state index in [9.17, 15) is 13.2 Å². The second-order valence-corrected chi connectivity index (χ2v) is 7.50. The Morgan fingerprint density at radius 1 is 1.35 bits per heavy atom. The molecule has 0 amide bonds. The smallest absolute Gasteiger partial charge is 0.321 e. The average molecular weight is 295 g/mol. The standard InChI is InChI=1S/C14H17NO4S/c1-14(2,3)19-13(16)10-20(17,18)9-12-6-4-5-11(7-12)8-15/h4-7H,9-10H2,1-3H3. The number of carbonyl (C=O) groups is 1. The molecule has 1 aromatic carbocycles. The fourth-order valence-electron chi connectivity index (χ4n) is 1.59. The Hall–Kier alpha value is -1.87. The monoisotopic (exact) mass is 295 g/mol. The van der Waals surface area contributed by atoms with Crippen LogP contribution >= 0.6 is 0 Å². The summed E-state index contributed by atoms with van der Waals surface area (Å²) in [4.78, 5) is 11.5. The van der Waals surface area contributed by atoms with E-state index in [1.807, 2.05) is 6.07 Å². The summed E-state index contributed by atoms with van der Waals surface area (Å²) < 4.78 is 28.8. The van der Waals surface area contributed by atoms with Gasteiger partial charge in [-0.1, -0.05) is 12.1 Å². The van der Waals surface area contributed by atoms with Crippen LogP contribution in [0.25, 0.3) is 0 Å². The molecule has 0 bridgehead atoms. The summed E-state index contributed by atoms with van der Waals surface area (Å²) in [5, 5.41) is 8.76. The quantitative estimate of drug-likeness (QED) is 0.791. The molecule has 1 rings (SSSR count). The van der Waals surface area contributed by atoms with Gasteiger partial charge in [0.15, 0.2) is 9.84 Å². The Morgan fingerprint density at radius 3 is 2.55 bits per heavy atom. The Labute approximate surface area is 119 Å². The highest BCUT2D eigenvalue weighted by Gasteiger charge is 2.23. The van der Waals surface area contributed by atoms with Gasteiger partial charge in [0.05, 0.1) is 17.4 Å². The fourth-order valence-corrected chi connectivity index (χ4v) is 2.79. The van der Waals surface area contributed by atoms with E-state index in [-0.39, 0.29) is 5.75 Å². The highest BCUT2D eigenvalue weighted by Crippen LogP contribution is 2.12. The number of ether oxygens (including phenoxy) is 1. The Kier molecular flexibility index (Phi) is 4.90. The Balaban J connectivity index is 2.75. The van der Waals surface area contributed by atoms with Crippen LogP contribution in [-0.2, 0) is 25.1 Å². The summed E-state index contributed by atoms with van der Waals surface area (Å²) in [5.41, 5.74) is 0.149. The zero-order chi connectivity index (χ0) is 15.4. The van der Waals surface area contributed by atoms with Gasteiger partial charge >= 0.3 is 5.97 Å². The van der Waals surface area contributed by atoms with E-state index in [0.717, 1.165) is 0 Å². The maximum absolute atomic E-state index is 11.9. The van der Waals surface area contributed by atoms with E-state index >= 15 is 0 Å². The van der Waals surface area contributed by atoms with Crippen molar-refractivity contribution < 1.29 is 17.9 Å². The van der Waals surface area contributed by atoms with Crippen LogP contribution in [-0.4, -0.2) is 25.7 Å². The second-order valence-electron chi connectivity index (χ2n) is 5.43. The first-order chi connectivity index (χ1) is 9.11. The van der Waals surface area contributed by atoms with Crippen LogP contribution in [0.4, 0.5) is 0 Å². The van der Waals surface area contributed by atoms with Crippen molar-refractivity contribution in [3.8, 4) is 6.07 Å². The van der Waals surface area contributed by atoms with Crippen molar-refractivity contribution in [2.75, 3.05) is 5.75 Å². The van der Waals surface area contributed by atoms with Gasteiger partial charge in [-0.2, -0.15) is 5.26 Å². The molecular formula is C14H17NO4S. The number of sulfone groups is 1. The third kappa shape index (κ3) is 5.85. The summed E-state index contributed by atoms with van der Waals surface area (Å²) in [7, 11) is -3.62. The first kappa shape index (κ1) is 16.2. The highest BCUT2D eigenvalue weighted by atomic mass is 32.2. The molecule has 0 unspecified atom stereocenters. The van der Waals surface area contributed by atoms with Crippen LogP contribution in [0.15, 0.2) is 24.3 Å². The SMILES string of the molecule is CC(C)(C)OC(=O)CS(=O)(=O)Cc1cccc(C#N)c1. The molecule has 0 atom stereocenters. The van der Waals surface area contributed by atoms with Crippen molar-refractivity contribution >= 4 is 15.8 Å². The second kappa shape index (κ2) is 6.06. The number of hydrogen-bond acceptors (Lipinski definition) is 5. The lowest BCUT2D eigenvalue weighted by Gasteiger charge is -2.19. The van der Waals surface area contributed by atoms with Gasteiger partial charge in [0.1, 0.15) is 11.4 Å². The lowest BCUT2D eigenvalue weighted by Crippen LogP contribution is -2.29. The van der Waals surface area contributed by atoms with Crippen LogP contribution < -0.4 is 0 Å². The van der Waals surface area contributed by atoms with E-state index in [1.165, 1.54) is 6.07 Å². The van der Waals surface area contributed by atoms with E-state index < -0.39 is 27.2 Å². The normalized spacial score (nSPS) is 11.7. The zero-order valence-corrected chi connectivity index (χ0v) is 12.5. The van der Waals surface area contributed by atoms with Crippen LogP contribution in [0.5, 0.6) is 0 Å². The molecule has 0 saturated carbocycles. The number of rotatable bonds is 4. The third-order valence-electron chi connectivity index (χ3n) is 2.20. The average Bonchev–Trinajstić information content (AvgIpc) is 2.24. The molecule has 0 aliphatic carbocycles. The molecule has 0 aliphatic heterocycles. The molecule has 5 nitrogen and oxygen atoms in total. The lowest BCUT2D eigenvalue weighted by molar-refractivity contribution is -0.151. The number of benzene rings is 1. The summed E-state index contributed by atoms with van der Waals surface area (Å²) in [6.45, 7) is 5.02. The van der Waals surface area contributed by atoms with E-state index in [1.54, 1.807) is 39.0 Å². The van der Waals surface area contributed by atoms with E-state index in [0.29, 0.717) is 11.1 Å². The number of carbonyl (C=O) groups excluding carboxylic acids is 1. The van der Waals surface area contributed by atoms with Crippen molar-refractivity contribution in [2.45, 2.75) is 32.1 Å². The molecular weight excluding hydrogens is 278 g/mol. The third-order valence-corrected chi connectivity index (χ3v) is 3.65. The minimum Gasteiger partial charge on any atom is -0.459 e. The molecule has 0 aliphatic rings. The molecule has 0 fully saturated rings. The minimum absolute atomic E-state index is 0.290. The molecule has 0 spiro atoms. The summed E-state index contributed by atoms with van der Waals surface area (Å²) >= 11 is 0. The van der Waals surface area contributed by atoms with Crippen molar-refractivity contribution in [1.29, 1.82) is 5.26 Å². The topological polar surface area (TPSA) is 84.2 Å². The van der Waals surface area contributed by atoms with Crippen LogP contribution in [0.1, 0.15) is 31.9 Å². The number of hydrogen-bond donors (Lipinski definition) is 0. The number of nitriles is 1. The van der Waals surface area contributed by atoms with Gasteiger partial charge in [-0.05, 0) is 38.5 Å². The molecule has 20 heavy (non-hydrogen) atoms. The number of esters is 1. The maximum Gasteiger partial charge on any atom is 0.321 e. The maximum atomic E-state index is 11.9. The molecule has 0 saturated heterocycles. The first-order valence-corrected chi connectivity index (χ1v) is 7.85. The van der Waals surface area contributed by atoms with Crippen molar-refractivity contribution in [3.63, 3.8) is 0 Å². The van der Waals surface area contributed by atoms with Gasteiger partial charge in [0, 0.05) is 0 Å². The summed E-state index contributed by atoms with van der Waals surface area (Å²) in [6.07, 6.45) is 0. The van der Waals surface area contributed by atoms with Crippen molar-refractivity contribution in [2.24, 2.45) is 0 Å². The molecule has 0 N–H and O–H groups in total. The van der Waals surface area contributed by atoms with Gasteiger partial charge in [-0.15, -0.1) is 0 Å².